The third-order valence-corrected chi connectivity index (χ3v) is 9.69. The second-order valence-electron chi connectivity index (χ2n) is 11.8. The summed E-state index contributed by atoms with van der Waals surface area (Å²) in [4.78, 5) is 16.4. The van der Waals surface area contributed by atoms with Gasteiger partial charge in [-0.1, -0.05) is 23.2 Å². The fourth-order valence-corrected chi connectivity index (χ4v) is 7.05. The van der Waals surface area contributed by atoms with Gasteiger partial charge in [0.25, 0.3) is 0 Å². The van der Waals surface area contributed by atoms with Gasteiger partial charge < -0.3 is 25.2 Å². The molecule has 0 aliphatic carbocycles. The van der Waals surface area contributed by atoms with Crippen LogP contribution < -0.4 is 25.0 Å². The molecule has 2 aromatic carbocycles. The Morgan fingerprint density at radius 3 is 2.41 bits per heavy atom. The Labute approximate surface area is 268 Å². The fourth-order valence-electron chi connectivity index (χ4n) is 6.14. The number of piperazine rings is 1. The number of likely N-dealkylation sites (N-methyl/N-ethyl adjacent to an activating group) is 1. The summed E-state index contributed by atoms with van der Waals surface area (Å²) in [6.45, 7) is 9.21. The number of ether oxygens (including phenoxy) is 1. The Morgan fingerprint density at radius 1 is 0.932 bits per heavy atom. The van der Waals surface area contributed by atoms with Gasteiger partial charge in [0, 0.05) is 63.5 Å². The number of aryl methyl sites for hydroxylation is 1. The molecule has 14 heteroatoms. The highest BCUT2D eigenvalue weighted by Gasteiger charge is 2.27. The molecule has 0 bridgehead atoms. The molecule has 4 heterocycles. The summed E-state index contributed by atoms with van der Waals surface area (Å²) in [6, 6.07) is 8.18. The van der Waals surface area contributed by atoms with Gasteiger partial charge in [0.2, 0.25) is 16.0 Å². The van der Waals surface area contributed by atoms with Gasteiger partial charge in [-0.2, -0.15) is 4.98 Å². The molecular weight excluding hydrogens is 623 g/mol. The van der Waals surface area contributed by atoms with Crippen molar-refractivity contribution >= 4 is 67.7 Å². The summed E-state index contributed by atoms with van der Waals surface area (Å²) in [7, 11) is -1.33. The van der Waals surface area contributed by atoms with Crippen molar-refractivity contribution in [1.29, 1.82) is 0 Å². The van der Waals surface area contributed by atoms with E-state index < -0.39 is 10.0 Å². The number of nitrogens with zero attached hydrogens (tertiary/aromatic N) is 5. The summed E-state index contributed by atoms with van der Waals surface area (Å²) in [5.74, 6) is 1.27. The molecule has 0 unspecified atom stereocenters. The molecule has 3 aromatic rings. The molecule has 11 nitrogen and oxygen atoms in total. The van der Waals surface area contributed by atoms with Crippen molar-refractivity contribution in [1.82, 2.24) is 19.8 Å². The van der Waals surface area contributed by atoms with Crippen molar-refractivity contribution in [3.8, 4) is 5.75 Å². The molecule has 0 spiro atoms. The van der Waals surface area contributed by atoms with Gasteiger partial charge in [0.1, 0.15) is 10.8 Å². The second-order valence-corrected chi connectivity index (χ2v) is 14.4. The summed E-state index contributed by atoms with van der Waals surface area (Å²) >= 11 is 13.3. The SMILES string of the molecule is Cc1cc(Nc2ncc(Cl)c(Nc3cc4c(cc3NS(C)(=O)=O)CCO4)n2)c(Cl)cc1N1CCC(N2CCN(C)CC2)CC1. The number of sulfonamides is 1. The van der Waals surface area contributed by atoms with Crippen molar-refractivity contribution in [2.45, 2.75) is 32.2 Å². The number of hydrogen-bond acceptors (Lipinski definition) is 10. The monoisotopic (exact) mass is 660 g/mol. The standard InChI is InChI=1S/C30H38Cl2N8O3S/c1-19-14-24(22(31)16-27(19)40-7-4-21(5-8-40)39-11-9-38(2)10-12-39)35-30-33-18-23(32)29(36-30)34-25-17-28-20(6-13-43-28)15-26(25)37-44(3,41)42/h14-18,21,37H,4-13H2,1-3H3,(H2,33,34,35,36). The highest BCUT2D eigenvalue weighted by atomic mass is 35.5. The number of fused-ring (bicyclic) bond motifs is 1. The van der Waals surface area contributed by atoms with E-state index in [2.05, 4.69) is 54.0 Å². The van der Waals surface area contributed by atoms with Gasteiger partial charge in [-0.15, -0.1) is 0 Å². The van der Waals surface area contributed by atoms with Crippen molar-refractivity contribution in [3.05, 3.63) is 51.6 Å². The highest BCUT2D eigenvalue weighted by molar-refractivity contribution is 7.92. The van der Waals surface area contributed by atoms with Crippen LogP contribution in [0.25, 0.3) is 0 Å². The smallest absolute Gasteiger partial charge is 0.229 e. The van der Waals surface area contributed by atoms with Crippen LogP contribution in [0.3, 0.4) is 0 Å². The quantitative estimate of drug-likeness (QED) is 0.301. The molecular formula is C30H38Cl2N8O3S. The van der Waals surface area contributed by atoms with E-state index in [0.717, 1.165) is 75.2 Å². The van der Waals surface area contributed by atoms with E-state index in [1.807, 2.05) is 12.1 Å². The van der Waals surface area contributed by atoms with E-state index in [0.29, 0.717) is 52.7 Å². The minimum atomic E-state index is -3.53. The predicted molar refractivity (Wildman–Crippen MR) is 178 cm³/mol. The normalized spacial score (nSPS) is 18.2. The van der Waals surface area contributed by atoms with Crippen LogP contribution in [0.1, 0.15) is 24.0 Å². The molecule has 0 radical (unpaired) electrons. The molecule has 2 saturated heterocycles. The third kappa shape index (κ3) is 7.10. The van der Waals surface area contributed by atoms with Crippen LogP contribution in [0.15, 0.2) is 30.5 Å². The largest absolute Gasteiger partial charge is 0.493 e. The molecule has 0 atom stereocenters. The van der Waals surface area contributed by atoms with Gasteiger partial charge >= 0.3 is 0 Å². The lowest BCUT2D eigenvalue weighted by Gasteiger charge is -2.43. The molecule has 1 aromatic heterocycles. The van der Waals surface area contributed by atoms with Crippen LogP contribution in [0, 0.1) is 6.92 Å². The zero-order valence-electron chi connectivity index (χ0n) is 25.2. The number of halogens is 2. The number of rotatable bonds is 8. The van der Waals surface area contributed by atoms with Gasteiger partial charge in [-0.05, 0) is 56.1 Å². The minimum absolute atomic E-state index is 0.264. The van der Waals surface area contributed by atoms with E-state index in [-0.39, 0.29) is 11.0 Å². The molecule has 44 heavy (non-hydrogen) atoms. The summed E-state index contributed by atoms with van der Waals surface area (Å²) in [5.41, 5.74) is 4.68. The second kappa shape index (κ2) is 12.8. The Kier molecular flexibility index (Phi) is 8.98. The topological polar surface area (TPSA) is 115 Å². The van der Waals surface area contributed by atoms with E-state index in [9.17, 15) is 8.42 Å². The van der Waals surface area contributed by atoms with Gasteiger partial charge in [-0.25, -0.2) is 13.4 Å². The lowest BCUT2D eigenvalue weighted by atomic mass is 10.0. The van der Waals surface area contributed by atoms with Crippen LogP contribution in [-0.4, -0.2) is 93.4 Å². The lowest BCUT2D eigenvalue weighted by molar-refractivity contribution is 0.0982. The molecule has 3 N–H and O–H groups in total. The average Bonchev–Trinajstić information content (AvgIpc) is 3.43. The van der Waals surface area contributed by atoms with E-state index >= 15 is 0 Å². The minimum Gasteiger partial charge on any atom is -0.493 e. The Bertz CT molecular complexity index is 1640. The maximum absolute atomic E-state index is 12.1. The Balaban J connectivity index is 1.16. The first kappa shape index (κ1) is 31.0. The first-order valence-corrected chi connectivity index (χ1v) is 17.5. The van der Waals surface area contributed by atoms with Crippen molar-refractivity contribution in [2.75, 3.05) is 79.4 Å². The van der Waals surface area contributed by atoms with Gasteiger partial charge in [0.05, 0.1) is 41.1 Å². The first-order chi connectivity index (χ1) is 21.0. The molecule has 3 aliphatic heterocycles. The van der Waals surface area contributed by atoms with Gasteiger partial charge in [-0.3, -0.25) is 9.62 Å². The maximum Gasteiger partial charge on any atom is 0.229 e. The highest BCUT2D eigenvalue weighted by Crippen LogP contribution is 2.38. The van der Waals surface area contributed by atoms with Crippen molar-refractivity contribution in [2.24, 2.45) is 0 Å². The number of piperidine rings is 1. The summed E-state index contributed by atoms with van der Waals surface area (Å²) < 4.78 is 32.4. The average molecular weight is 662 g/mol. The number of nitrogens with one attached hydrogen (secondary N) is 3. The summed E-state index contributed by atoms with van der Waals surface area (Å²) in [5, 5.41) is 7.21. The molecule has 6 rings (SSSR count). The zero-order chi connectivity index (χ0) is 31.0. The fraction of sp³-hybridized carbons (Fsp3) is 0.467. The first-order valence-electron chi connectivity index (χ1n) is 14.8. The van der Waals surface area contributed by atoms with E-state index in [4.69, 9.17) is 27.9 Å². The Hall–Kier alpha value is -3.03. The maximum atomic E-state index is 12.1. The van der Waals surface area contributed by atoms with Crippen LogP contribution in [0.4, 0.5) is 34.5 Å². The molecule has 236 valence electrons. The third-order valence-electron chi connectivity index (χ3n) is 8.51. The van der Waals surface area contributed by atoms with Gasteiger partial charge in [0.15, 0.2) is 5.82 Å². The number of anilines is 6. The van der Waals surface area contributed by atoms with E-state index in [1.165, 1.54) is 6.20 Å². The lowest BCUT2D eigenvalue weighted by Crippen LogP contribution is -2.52. The van der Waals surface area contributed by atoms with Crippen LogP contribution in [-0.2, 0) is 16.4 Å². The summed E-state index contributed by atoms with van der Waals surface area (Å²) in [6.07, 6.45) is 5.57. The zero-order valence-corrected chi connectivity index (χ0v) is 27.5. The molecule has 2 fully saturated rings. The number of benzene rings is 2. The van der Waals surface area contributed by atoms with Crippen LogP contribution in [0.2, 0.25) is 10.0 Å². The van der Waals surface area contributed by atoms with E-state index in [1.54, 1.807) is 12.1 Å². The van der Waals surface area contributed by atoms with Crippen LogP contribution >= 0.6 is 23.2 Å². The Morgan fingerprint density at radius 2 is 1.68 bits per heavy atom. The number of aromatic nitrogens is 2. The molecule has 0 saturated carbocycles. The molecule has 3 aliphatic rings. The molecule has 0 amide bonds. The van der Waals surface area contributed by atoms with Crippen molar-refractivity contribution in [3.63, 3.8) is 0 Å². The van der Waals surface area contributed by atoms with Crippen molar-refractivity contribution < 1.29 is 13.2 Å². The number of hydrogen-bond donors (Lipinski definition) is 3. The van der Waals surface area contributed by atoms with Crippen LogP contribution in [0.5, 0.6) is 5.75 Å². The predicted octanol–water partition coefficient (Wildman–Crippen LogP) is 5.10.